The van der Waals surface area contributed by atoms with Crippen molar-refractivity contribution >= 4 is 21.6 Å². The van der Waals surface area contributed by atoms with Crippen molar-refractivity contribution in [2.75, 3.05) is 0 Å². The Morgan fingerprint density at radius 2 is 1.95 bits per heavy atom. The molecule has 5 heteroatoms. The first kappa shape index (κ1) is 15.7. The van der Waals surface area contributed by atoms with Crippen LogP contribution in [0.5, 0.6) is 0 Å². The molecule has 0 bridgehead atoms. The van der Waals surface area contributed by atoms with Gasteiger partial charge in [-0.05, 0) is 31.0 Å². The summed E-state index contributed by atoms with van der Waals surface area (Å²) in [5, 5.41) is 14.4. The number of nitro benzene ring substituents is 1. The van der Waals surface area contributed by atoms with Crippen LogP contribution in [0.1, 0.15) is 18.1 Å². The van der Waals surface area contributed by atoms with Gasteiger partial charge in [-0.15, -0.1) is 0 Å². The number of hydrogen-bond donors (Lipinski definition) is 1. The molecule has 0 aliphatic carbocycles. The molecule has 0 radical (unpaired) electrons. The minimum Gasteiger partial charge on any atom is -0.310 e. The number of hydrogen-bond acceptors (Lipinski definition) is 3. The van der Waals surface area contributed by atoms with Gasteiger partial charge < -0.3 is 5.32 Å². The monoisotopic (exact) mass is 348 g/mol. The van der Waals surface area contributed by atoms with Crippen molar-refractivity contribution in [1.29, 1.82) is 0 Å². The van der Waals surface area contributed by atoms with Gasteiger partial charge in [0.25, 0.3) is 5.69 Å². The molecule has 0 aromatic heterocycles. The molecule has 2 rings (SSSR count). The molecular formula is C16H17BrN2O2. The first-order valence-electron chi connectivity index (χ1n) is 6.76. The van der Waals surface area contributed by atoms with E-state index >= 15 is 0 Å². The van der Waals surface area contributed by atoms with Crippen LogP contribution in [0.3, 0.4) is 0 Å². The summed E-state index contributed by atoms with van der Waals surface area (Å²) in [4.78, 5) is 10.7. The normalized spacial score (nSPS) is 12.1. The fourth-order valence-electron chi connectivity index (χ4n) is 2.18. The lowest BCUT2D eigenvalue weighted by atomic mass is 10.1. The van der Waals surface area contributed by atoms with Gasteiger partial charge in [0.05, 0.1) is 4.92 Å². The summed E-state index contributed by atoms with van der Waals surface area (Å²) < 4.78 is 0.718. The van der Waals surface area contributed by atoms with Crippen LogP contribution in [-0.4, -0.2) is 11.0 Å². The molecule has 1 atom stereocenters. The van der Waals surface area contributed by atoms with Crippen LogP contribution in [0.15, 0.2) is 53.0 Å². The Balaban J connectivity index is 1.98. The fourth-order valence-corrected chi connectivity index (χ4v) is 2.53. The van der Waals surface area contributed by atoms with E-state index in [0.29, 0.717) is 12.1 Å². The third-order valence-electron chi connectivity index (χ3n) is 3.27. The number of nitrogens with one attached hydrogen (secondary N) is 1. The predicted molar refractivity (Wildman–Crippen MR) is 87.2 cm³/mol. The zero-order chi connectivity index (χ0) is 15.2. The number of halogens is 1. The minimum atomic E-state index is -0.344. The molecule has 0 fully saturated rings. The summed E-state index contributed by atoms with van der Waals surface area (Å²) in [7, 11) is 0. The van der Waals surface area contributed by atoms with Gasteiger partial charge in [-0.1, -0.05) is 46.3 Å². The van der Waals surface area contributed by atoms with E-state index < -0.39 is 0 Å². The van der Waals surface area contributed by atoms with E-state index in [4.69, 9.17) is 0 Å². The molecule has 0 spiro atoms. The van der Waals surface area contributed by atoms with Gasteiger partial charge in [0.15, 0.2) is 0 Å². The minimum absolute atomic E-state index is 0.142. The third-order valence-corrected chi connectivity index (χ3v) is 3.76. The van der Waals surface area contributed by atoms with Gasteiger partial charge >= 0.3 is 0 Å². The average Bonchev–Trinajstić information content (AvgIpc) is 2.47. The molecule has 0 aliphatic heterocycles. The Morgan fingerprint density at radius 3 is 2.62 bits per heavy atom. The number of rotatable bonds is 6. The topological polar surface area (TPSA) is 55.2 Å². The molecule has 21 heavy (non-hydrogen) atoms. The van der Waals surface area contributed by atoms with E-state index in [1.807, 2.05) is 24.3 Å². The molecule has 1 unspecified atom stereocenters. The maximum absolute atomic E-state index is 11.1. The van der Waals surface area contributed by atoms with Gasteiger partial charge in [-0.3, -0.25) is 10.1 Å². The molecule has 1 N–H and O–H groups in total. The lowest BCUT2D eigenvalue weighted by Crippen LogP contribution is -2.27. The highest BCUT2D eigenvalue weighted by Gasteiger charge is 2.14. The first-order chi connectivity index (χ1) is 10.1. The summed E-state index contributed by atoms with van der Waals surface area (Å²) in [6, 6.07) is 15.6. The van der Waals surface area contributed by atoms with Crippen LogP contribution in [0, 0.1) is 10.1 Å². The number of nitro groups is 1. The third kappa shape index (κ3) is 4.65. The second-order valence-electron chi connectivity index (χ2n) is 5.00. The first-order valence-corrected chi connectivity index (χ1v) is 7.55. The highest BCUT2D eigenvalue weighted by Crippen LogP contribution is 2.23. The van der Waals surface area contributed by atoms with Crippen LogP contribution < -0.4 is 5.32 Å². The number of benzene rings is 2. The Bertz CT molecular complexity index is 617. The summed E-state index contributed by atoms with van der Waals surface area (Å²) >= 11 is 3.26. The van der Waals surface area contributed by atoms with Crippen LogP contribution in [0.25, 0.3) is 0 Å². The fraction of sp³-hybridized carbons (Fsp3) is 0.250. The standard InChI is InChI=1S/C16H17BrN2O2/c1-12(9-13-5-3-2-4-6-13)18-11-14-7-8-15(17)10-16(14)19(20)21/h2-8,10,12,18H,9,11H2,1H3. The van der Waals surface area contributed by atoms with Crippen LogP contribution in [0.2, 0.25) is 0 Å². The van der Waals surface area contributed by atoms with Gasteiger partial charge in [-0.25, -0.2) is 0 Å². The molecule has 0 saturated heterocycles. The molecule has 2 aromatic rings. The molecule has 2 aromatic carbocycles. The van der Waals surface area contributed by atoms with E-state index in [1.165, 1.54) is 5.56 Å². The van der Waals surface area contributed by atoms with E-state index in [1.54, 1.807) is 12.1 Å². The van der Waals surface area contributed by atoms with E-state index in [2.05, 4.69) is 40.3 Å². The van der Waals surface area contributed by atoms with Gasteiger partial charge in [0, 0.05) is 28.7 Å². The smallest absolute Gasteiger partial charge is 0.275 e. The molecule has 4 nitrogen and oxygen atoms in total. The SMILES string of the molecule is CC(Cc1ccccc1)NCc1ccc(Br)cc1[N+](=O)[O-]. The maximum atomic E-state index is 11.1. The van der Waals surface area contributed by atoms with Crippen molar-refractivity contribution in [1.82, 2.24) is 5.32 Å². The van der Waals surface area contributed by atoms with Crippen molar-refractivity contribution in [2.45, 2.75) is 25.9 Å². The largest absolute Gasteiger partial charge is 0.310 e. The Labute approximate surface area is 132 Å². The zero-order valence-electron chi connectivity index (χ0n) is 11.8. The van der Waals surface area contributed by atoms with Gasteiger partial charge in [0.1, 0.15) is 0 Å². The summed E-state index contributed by atoms with van der Waals surface area (Å²) in [6.07, 6.45) is 0.894. The second kappa shape index (κ2) is 7.33. The van der Waals surface area contributed by atoms with Gasteiger partial charge in [0.2, 0.25) is 0 Å². The molecule has 0 saturated carbocycles. The summed E-state index contributed by atoms with van der Waals surface area (Å²) in [5.74, 6) is 0. The average molecular weight is 349 g/mol. The molecule has 0 amide bonds. The molecule has 110 valence electrons. The van der Waals surface area contributed by atoms with Crippen molar-refractivity contribution < 1.29 is 4.92 Å². The van der Waals surface area contributed by atoms with Crippen molar-refractivity contribution in [3.8, 4) is 0 Å². The maximum Gasteiger partial charge on any atom is 0.275 e. The quantitative estimate of drug-likeness (QED) is 0.632. The molecule has 0 aliphatic rings. The zero-order valence-corrected chi connectivity index (χ0v) is 13.3. The Hall–Kier alpha value is -1.72. The van der Waals surface area contributed by atoms with Crippen LogP contribution >= 0.6 is 15.9 Å². The van der Waals surface area contributed by atoms with Crippen molar-refractivity contribution in [3.63, 3.8) is 0 Å². The van der Waals surface area contributed by atoms with E-state index in [0.717, 1.165) is 10.9 Å². The molecular weight excluding hydrogens is 332 g/mol. The van der Waals surface area contributed by atoms with E-state index in [-0.39, 0.29) is 16.7 Å². The Morgan fingerprint density at radius 1 is 1.24 bits per heavy atom. The van der Waals surface area contributed by atoms with Crippen molar-refractivity contribution in [2.24, 2.45) is 0 Å². The highest BCUT2D eigenvalue weighted by atomic mass is 79.9. The molecule has 0 heterocycles. The highest BCUT2D eigenvalue weighted by molar-refractivity contribution is 9.10. The van der Waals surface area contributed by atoms with E-state index in [9.17, 15) is 10.1 Å². The predicted octanol–water partition coefficient (Wildman–Crippen LogP) is 4.08. The summed E-state index contributed by atoms with van der Waals surface area (Å²) in [6.45, 7) is 2.56. The van der Waals surface area contributed by atoms with Gasteiger partial charge in [-0.2, -0.15) is 0 Å². The lowest BCUT2D eigenvalue weighted by molar-refractivity contribution is -0.385. The summed E-state index contributed by atoms with van der Waals surface area (Å²) in [5.41, 5.74) is 2.09. The van der Waals surface area contributed by atoms with Crippen LogP contribution in [0.4, 0.5) is 5.69 Å². The lowest BCUT2D eigenvalue weighted by Gasteiger charge is -2.14. The number of nitrogens with zero attached hydrogens (tertiary/aromatic N) is 1. The van der Waals surface area contributed by atoms with Crippen LogP contribution in [-0.2, 0) is 13.0 Å². The Kier molecular flexibility index (Phi) is 5.47. The van der Waals surface area contributed by atoms with Crippen molar-refractivity contribution in [3.05, 3.63) is 74.2 Å². The second-order valence-corrected chi connectivity index (χ2v) is 5.92.